The highest BCUT2D eigenvalue weighted by atomic mass is 32.1. The topological polar surface area (TPSA) is 41.1 Å². The molecule has 0 atom stereocenters. The molecule has 0 radical (unpaired) electrons. The lowest BCUT2D eigenvalue weighted by Gasteiger charge is -2.09. The number of rotatable bonds is 5. The standard InChI is InChI=1S/C14H13F3N2OS/c15-14(16,17)9-19-13(20)10-3-5-11(6-4-10)18-8-12-2-1-7-21-12/h1-7,18H,8-9H2,(H,19,20). The number of anilines is 1. The quantitative estimate of drug-likeness (QED) is 0.884. The number of benzene rings is 1. The molecule has 0 aliphatic rings. The van der Waals surface area contributed by atoms with E-state index in [0.29, 0.717) is 6.54 Å². The van der Waals surface area contributed by atoms with Crippen LogP contribution in [0.15, 0.2) is 41.8 Å². The normalized spacial score (nSPS) is 11.2. The summed E-state index contributed by atoms with van der Waals surface area (Å²) in [4.78, 5) is 12.7. The minimum atomic E-state index is -4.40. The van der Waals surface area contributed by atoms with Crippen molar-refractivity contribution in [3.8, 4) is 0 Å². The van der Waals surface area contributed by atoms with Crippen LogP contribution in [0.1, 0.15) is 15.2 Å². The summed E-state index contributed by atoms with van der Waals surface area (Å²) in [6, 6.07) is 10.3. The van der Waals surface area contributed by atoms with E-state index in [1.54, 1.807) is 23.5 Å². The summed E-state index contributed by atoms with van der Waals surface area (Å²) in [5, 5.41) is 6.98. The molecule has 0 spiro atoms. The molecule has 2 aromatic rings. The molecule has 112 valence electrons. The molecule has 0 fully saturated rings. The molecular weight excluding hydrogens is 301 g/mol. The Hall–Kier alpha value is -2.02. The maximum absolute atomic E-state index is 12.0. The van der Waals surface area contributed by atoms with Gasteiger partial charge >= 0.3 is 6.18 Å². The van der Waals surface area contributed by atoms with Crippen molar-refractivity contribution >= 4 is 22.9 Å². The van der Waals surface area contributed by atoms with Crippen molar-refractivity contribution in [2.45, 2.75) is 12.7 Å². The Morgan fingerprint density at radius 1 is 1.14 bits per heavy atom. The van der Waals surface area contributed by atoms with Gasteiger partial charge in [0.1, 0.15) is 6.54 Å². The third-order valence-electron chi connectivity index (χ3n) is 2.64. The molecule has 0 bridgehead atoms. The summed E-state index contributed by atoms with van der Waals surface area (Å²) in [5.41, 5.74) is 0.997. The number of amides is 1. The van der Waals surface area contributed by atoms with Gasteiger partial charge in [0, 0.05) is 22.7 Å². The third-order valence-corrected chi connectivity index (χ3v) is 3.52. The van der Waals surface area contributed by atoms with Crippen LogP contribution < -0.4 is 10.6 Å². The molecule has 0 aliphatic heterocycles. The van der Waals surface area contributed by atoms with Crippen molar-refractivity contribution < 1.29 is 18.0 Å². The fourth-order valence-electron chi connectivity index (χ4n) is 1.62. The van der Waals surface area contributed by atoms with Crippen LogP contribution in [-0.4, -0.2) is 18.6 Å². The van der Waals surface area contributed by atoms with E-state index in [9.17, 15) is 18.0 Å². The van der Waals surface area contributed by atoms with Crippen LogP contribution in [0.25, 0.3) is 0 Å². The Bertz CT molecular complexity index is 579. The number of alkyl halides is 3. The lowest BCUT2D eigenvalue weighted by atomic mass is 10.2. The molecular formula is C14H13F3N2OS. The van der Waals surface area contributed by atoms with Gasteiger partial charge in [0.25, 0.3) is 5.91 Å². The summed E-state index contributed by atoms with van der Waals surface area (Å²) in [6.45, 7) is -0.665. The molecule has 1 amide bonds. The summed E-state index contributed by atoms with van der Waals surface area (Å²) < 4.78 is 36.0. The zero-order valence-electron chi connectivity index (χ0n) is 10.9. The maximum atomic E-state index is 12.0. The Kier molecular flexibility index (Phi) is 4.85. The number of nitrogens with one attached hydrogen (secondary N) is 2. The molecule has 0 saturated heterocycles. The minimum Gasteiger partial charge on any atom is -0.380 e. The van der Waals surface area contributed by atoms with Crippen molar-refractivity contribution in [1.29, 1.82) is 0 Å². The first-order chi connectivity index (χ1) is 9.94. The van der Waals surface area contributed by atoms with E-state index in [1.807, 2.05) is 22.8 Å². The van der Waals surface area contributed by atoms with Crippen molar-refractivity contribution in [3.05, 3.63) is 52.2 Å². The van der Waals surface area contributed by atoms with Gasteiger partial charge in [0.2, 0.25) is 0 Å². The molecule has 0 aliphatic carbocycles. The second-order valence-corrected chi connectivity index (χ2v) is 5.34. The van der Waals surface area contributed by atoms with E-state index in [0.717, 1.165) is 5.69 Å². The summed E-state index contributed by atoms with van der Waals surface area (Å²) in [5.74, 6) is -0.739. The van der Waals surface area contributed by atoms with Gasteiger partial charge in [-0.3, -0.25) is 4.79 Å². The van der Waals surface area contributed by atoms with E-state index < -0.39 is 18.6 Å². The van der Waals surface area contributed by atoms with Crippen LogP contribution >= 0.6 is 11.3 Å². The molecule has 1 heterocycles. The summed E-state index contributed by atoms with van der Waals surface area (Å²) in [6.07, 6.45) is -4.40. The smallest absolute Gasteiger partial charge is 0.380 e. The molecule has 21 heavy (non-hydrogen) atoms. The fraction of sp³-hybridized carbons (Fsp3) is 0.214. The number of hydrogen-bond acceptors (Lipinski definition) is 3. The maximum Gasteiger partial charge on any atom is 0.405 e. The average molecular weight is 314 g/mol. The highest BCUT2D eigenvalue weighted by Crippen LogP contribution is 2.15. The second-order valence-electron chi connectivity index (χ2n) is 4.31. The number of thiophene rings is 1. The Labute approximate surface area is 123 Å². The SMILES string of the molecule is O=C(NCC(F)(F)F)c1ccc(NCc2cccs2)cc1. The van der Waals surface area contributed by atoms with Crippen LogP contribution in [0.5, 0.6) is 0 Å². The van der Waals surface area contributed by atoms with E-state index >= 15 is 0 Å². The number of hydrogen-bond donors (Lipinski definition) is 2. The molecule has 3 nitrogen and oxygen atoms in total. The summed E-state index contributed by atoms with van der Waals surface area (Å²) >= 11 is 1.63. The fourth-order valence-corrected chi connectivity index (χ4v) is 2.27. The molecule has 2 N–H and O–H groups in total. The van der Waals surface area contributed by atoms with E-state index in [-0.39, 0.29) is 5.56 Å². The van der Waals surface area contributed by atoms with Crippen LogP contribution in [0.3, 0.4) is 0 Å². The monoisotopic (exact) mass is 314 g/mol. The first kappa shape index (κ1) is 15.4. The Balaban J connectivity index is 1.87. The lowest BCUT2D eigenvalue weighted by Crippen LogP contribution is -2.33. The van der Waals surface area contributed by atoms with Gasteiger partial charge in [-0.05, 0) is 35.7 Å². The van der Waals surface area contributed by atoms with Crippen molar-refractivity contribution in [2.24, 2.45) is 0 Å². The first-order valence-corrected chi connectivity index (χ1v) is 7.03. The highest BCUT2D eigenvalue weighted by Gasteiger charge is 2.27. The molecule has 7 heteroatoms. The van der Waals surface area contributed by atoms with Gasteiger partial charge in [0.05, 0.1) is 0 Å². The van der Waals surface area contributed by atoms with Gasteiger partial charge in [-0.1, -0.05) is 6.07 Å². The van der Waals surface area contributed by atoms with Crippen LogP contribution in [0.4, 0.5) is 18.9 Å². The van der Waals surface area contributed by atoms with E-state index in [4.69, 9.17) is 0 Å². The predicted octanol–water partition coefficient (Wildman–Crippen LogP) is 3.65. The van der Waals surface area contributed by atoms with Gasteiger partial charge < -0.3 is 10.6 Å². The molecule has 0 saturated carbocycles. The molecule has 0 unspecified atom stereocenters. The lowest BCUT2D eigenvalue weighted by molar-refractivity contribution is -0.123. The average Bonchev–Trinajstić information content (AvgIpc) is 2.95. The Morgan fingerprint density at radius 3 is 2.43 bits per heavy atom. The van der Waals surface area contributed by atoms with Crippen LogP contribution in [0, 0.1) is 0 Å². The van der Waals surface area contributed by atoms with Gasteiger partial charge in [-0.2, -0.15) is 13.2 Å². The van der Waals surface area contributed by atoms with Gasteiger partial charge in [0.15, 0.2) is 0 Å². The number of halogens is 3. The number of carbonyl (C=O) groups excluding carboxylic acids is 1. The second kappa shape index (κ2) is 6.62. The summed E-state index contributed by atoms with van der Waals surface area (Å²) in [7, 11) is 0. The largest absolute Gasteiger partial charge is 0.405 e. The van der Waals surface area contributed by atoms with E-state index in [1.165, 1.54) is 17.0 Å². The zero-order chi connectivity index (χ0) is 15.3. The predicted molar refractivity (Wildman–Crippen MR) is 76.5 cm³/mol. The zero-order valence-corrected chi connectivity index (χ0v) is 11.7. The first-order valence-electron chi connectivity index (χ1n) is 6.15. The Morgan fingerprint density at radius 2 is 1.86 bits per heavy atom. The third kappa shape index (κ3) is 5.11. The molecule has 1 aromatic carbocycles. The van der Waals surface area contributed by atoms with Crippen molar-refractivity contribution in [3.63, 3.8) is 0 Å². The van der Waals surface area contributed by atoms with Crippen molar-refractivity contribution in [2.75, 3.05) is 11.9 Å². The highest BCUT2D eigenvalue weighted by molar-refractivity contribution is 7.09. The van der Waals surface area contributed by atoms with E-state index in [2.05, 4.69) is 5.32 Å². The van der Waals surface area contributed by atoms with Crippen LogP contribution in [-0.2, 0) is 6.54 Å². The van der Waals surface area contributed by atoms with Crippen molar-refractivity contribution in [1.82, 2.24) is 5.32 Å². The number of carbonyl (C=O) groups is 1. The van der Waals surface area contributed by atoms with Gasteiger partial charge in [-0.15, -0.1) is 11.3 Å². The van der Waals surface area contributed by atoms with Gasteiger partial charge in [-0.25, -0.2) is 0 Å². The molecule has 2 rings (SSSR count). The minimum absolute atomic E-state index is 0.195. The molecule has 1 aromatic heterocycles. The van der Waals surface area contributed by atoms with Crippen LogP contribution in [0.2, 0.25) is 0 Å².